The van der Waals surface area contributed by atoms with E-state index in [1.807, 2.05) is 66.7 Å². The van der Waals surface area contributed by atoms with Crippen LogP contribution in [0.1, 0.15) is 5.56 Å². The van der Waals surface area contributed by atoms with E-state index in [9.17, 15) is 0 Å². The number of nitriles is 1. The summed E-state index contributed by atoms with van der Waals surface area (Å²) in [6.45, 7) is 9.00. The quantitative estimate of drug-likeness (QED) is 0.452. The van der Waals surface area contributed by atoms with Crippen molar-refractivity contribution >= 4 is 0 Å². The molecule has 0 saturated heterocycles. The van der Waals surface area contributed by atoms with Crippen LogP contribution in [0.4, 0.5) is 0 Å². The number of rotatable bonds is 1. The van der Waals surface area contributed by atoms with Crippen molar-refractivity contribution in [1.82, 2.24) is 0 Å². The van der Waals surface area contributed by atoms with Gasteiger partial charge in [-0.2, -0.15) is 35.9 Å². The number of hydrogen-bond acceptors (Lipinski definition) is 1. The van der Waals surface area contributed by atoms with Crippen LogP contribution in [-0.4, -0.2) is 0 Å². The van der Waals surface area contributed by atoms with Crippen LogP contribution in [0, 0.1) is 31.1 Å². The summed E-state index contributed by atoms with van der Waals surface area (Å²) in [6.07, 6.45) is 1.51. The second kappa shape index (κ2) is 21.2. The second-order valence-corrected chi connectivity index (χ2v) is 2.65. The first-order valence-electron chi connectivity index (χ1n) is 4.79. The maximum absolute atomic E-state index is 8.21. The molecule has 4 heteroatoms. The Bertz CT molecular complexity index is 418. The predicted octanol–water partition coefficient (Wildman–Crippen LogP) is 3.09. The van der Waals surface area contributed by atoms with Gasteiger partial charge in [0.05, 0.1) is 0 Å². The fourth-order valence-electron chi connectivity index (χ4n) is 0.945. The molecule has 0 bridgehead atoms. The standard InChI is InChI=1S/C8H6N.C5H5.2CO.Fe/c9-7-6-8-4-2-1-3-5-8;1-2-4-5-3-1;2*1-2;/h1-6H;1-5H;;;/q2*-1;;;+2. The van der Waals surface area contributed by atoms with Crippen LogP contribution < -0.4 is 0 Å². The summed E-state index contributed by atoms with van der Waals surface area (Å²) in [5, 5.41) is 8.21. The van der Waals surface area contributed by atoms with Crippen molar-refractivity contribution in [3.8, 4) is 6.07 Å². The molecule has 0 aliphatic heterocycles. The smallest absolute Gasteiger partial charge is 0.214 e. The van der Waals surface area contributed by atoms with Gasteiger partial charge in [-0.05, 0) is 0 Å². The van der Waals surface area contributed by atoms with Crippen molar-refractivity contribution in [2.45, 2.75) is 0 Å². The third-order valence-corrected chi connectivity index (χ3v) is 1.59. The van der Waals surface area contributed by atoms with E-state index in [0.717, 1.165) is 5.56 Å². The molecule has 0 N–H and O–H groups in total. The molecule has 3 nitrogen and oxygen atoms in total. The summed E-state index contributed by atoms with van der Waals surface area (Å²) in [4.78, 5) is 0. The third kappa shape index (κ3) is 15.9. The first kappa shape index (κ1) is 22.1. The van der Waals surface area contributed by atoms with Crippen LogP contribution in [0.5, 0.6) is 0 Å². The van der Waals surface area contributed by atoms with Crippen molar-refractivity contribution in [1.29, 1.82) is 5.26 Å². The third-order valence-electron chi connectivity index (χ3n) is 1.59. The van der Waals surface area contributed by atoms with Gasteiger partial charge >= 0.3 is 39.7 Å². The van der Waals surface area contributed by atoms with Gasteiger partial charge in [-0.15, -0.1) is 12.1 Å². The van der Waals surface area contributed by atoms with E-state index in [4.69, 9.17) is 14.6 Å². The molecule has 0 atom stereocenters. The Balaban J connectivity index is -0.000000220. The van der Waals surface area contributed by atoms with Gasteiger partial charge in [-0.3, -0.25) is 0 Å². The van der Waals surface area contributed by atoms with E-state index < -0.39 is 0 Å². The maximum atomic E-state index is 8.21. The van der Waals surface area contributed by atoms with Gasteiger partial charge in [0.15, 0.2) is 0 Å². The zero-order valence-corrected chi connectivity index (χ0v) is 11.1. The summed E-state index contributed by atoms with van der Waals surface area (Å²) in [6, 6.07) is 21.5. The maximum Gasteiger partial charge on any atom is 2.00 e. The number of benzene rings is 1. The van der Waals surface area contributed by atoms with Crippen molar-refractivity contribution in [3.05, 3.63) is 85.9 Å². The van der Waals surface area contributed by atoms with Crippen LogP contribution in [0.3, 0.4) is 0 Å². The first-order chi connectivity index (χ1) is 8.93. The molecular formula is C15H11FeNO2. The molecule has 96 valence electrons. The van der Waals surface area contributed by atoms with Gasteiger partial charge in [0.25, 0.3) is 0 Å². The van der Waals surface area contributed by atoms with E-state index in [2.05, 4.69) is 13.3 Å². The summed E-state index contributed by atoms with van der Waals surface area (Å²) >= 11 is 0. The average Bonchev–Trinajstić information content (AvgIpc) is 3.04. The Labute approximate surface area is 124 Å². The molecule has 0 aliphatic rings. The minimum atomic E-state index is 0. The Kier molecular flexibility index (Phi) is 24.7. The van der Waals surface area contributed by atoms with Gasteiger partial charge < -0.3 is 0 Å². The molecule has 2 aromatic rings. The monoisotopic (exact) mass is 293 g/mol. The Morgan fingerprint density at radius 1 is 0.947 bits per heavy atom. The zero-order chi connectivity index (χ0) is 14.1. The van der Waals surface area contributed by atoms with Gasteiger partial charge in [-0.1, -0.05) is 12.5 Å². The van der Waals surface area contributed by atoms with E-state index in [1.54, 1.807) is 0 Å². The minimum absolute atomic E-state index is 0. The predicted molar refractivity (Wildman–Crippen MR) is 65.4 cm³/mol. The van der Waals surface area contributed by atoms with Gasteiger partial charge in [0.2, 0.25) is 0 Å². The summed E-state index contributed by atoms with van der Waals surface area (Å²) in [5.74, 6) is 0. The summed E-state index contributed by atoms with van der Waals surface area (Å²) < 4.78 is 15.0. The summed E-state index contributed by atoms with van der Waals surface area (Å²) in [7, 11) is 0. The minimum Gasteiger partial charge on any atom is -0.214 e. The zero-order valence-electron chi connectivity index (χ0n) is 9.97. The van der Waals surface area contributed by atoms with Crippen LogP contribution >= 0.6 is 0 Å². The van der Waals surface area contributed by atoms with E-state index in [0.29, 0.717) is 0 Å². The Morgan fingerprint density at radius 2 is 1.42 bits per heavy atom. The van der Waals surface area contributed by atoms with E-state index in [1.165, 1.54) is 6.42 Å². The molecule has 2 rings (SSSR count). The molecule has 0 heterocycles. The fourth-order valence-corrected chi connectivity index (χ4v) is 0.945. The van der Waals surface area contributed by atoms with Crippen LogP contribution in [0.25, 0.3) is 0 Å². The fraction of sp³-hybridized carbons (Fsp3) is 0. The van der Waals surface area contributed by atoms with Crippen molar-refractivity contribution in [3.63, 3.8) is 0 Å². The molecule has 19 heavy (non-hydrogen) atoms. The molecule has 0 fully saturated rings. The normalized spacial score (nSPS) is 6.05. The molecule has 0 aliphatic carbocycles. The van der Waals surface area contributed by atoms with Crippen LogP contribution in [0.15, 0.2) is 60.7 Å². The topological polar surface area (TPSA) is 63.6 Å². The van der Waals surface area contributed by atoms with Gasteiger partial charge in [0, 0.05) is 6.07 Å². The van der Waals surface area contributed by atoms with Crippen LogP contribution in [-0.2, 0) is 26.4 Å². The molecule has 0 radical (unpaired) electrons. The second-order valence-electron chi connectivity index (χ2n) is 2.65. The summed E-state index contributed by atoms with van der Waals surface area (Å²) in [5.41, 5.74) is 0.958. The van der Waals surface area contributed by atoms with Crippen molar-refractivity contribution in [2.24, 2.45) is 0 Å². The molecule has 0 saturated carbocycles. The first-order valence-corrected chi connectivity index (χ1v) is 4.79. The van der Waals surface area contributed by atoms with Gasteiger partial charge in [-0.25, -0.2) is 17.4 Å². The van der Waals surface area contributed by atoms with Crippen molar-refractivity contribution < 1.29 is 26.4 Å². The number of nitrogens with zero attached hydrogens (tertiary/aromatic N) is 1. The average molecular weight is 293 g/mol. The number of hydrogen-bond donors (Lipinski definition) is 0. The molecular weight excluding hydrogens is 282 g/mol. The molecule has 0 spiro atoms. The molecule has 2 aromatic carbocycles. The molecule has 0 amide bonds. The van der Waals surface area contributed by atoms with Crippen molar-refractivity contribution in [2.75, 3.05) is 0 Å². The Morgan fingerprint density at radius 3 is 1.74 bits per heavy atom. The Hall–Kier alpha value is -2.07. The van der Waals surface area contributed by atoms with E-state index >= 15 is 0 Å². The molecule has 0 unspecified atom stereocenters. The molecule has 0 aromatic heterocycles. The van der Waals surface area contributed by atoms with Gasteiger partial charge in [0.1, 0.15) is 0 Å². The largest absolute Gasteiger partial charge is 2.00 e. The van der Waals surface area contributed by atoms with Crippen LogP contribution in [0.2, 0.25) is 0 Å². The van der Waals surface area contributed by atoms with E-state index in [-0.39, 0.29) is 17.1 Å². The SMILES string of the molecule is N#C[CH-]c1ccccc1.[C-]#[O+].[C-]#[O+].[Fe+2].c1cc[cH-]c1.